The standard InChI is InChI=1S/C27H45/c1-19(2)9-8-10-20(3)23-14-15-24-22-13-12-21-11-6-7-17-26(21,4)25(22)16-18-27(23,24)5/h6,9,20-25H,7-8,10-18H2,1-5H3/t20-,21?,22+,23-,24+,25+,26+,27-/m1/s1. The second-order valence-electron chi connectivity index (χ2n) is 11.8. The van der Waals surface area contributed by atoms with Crippen molar-refractivity contribution in [1.82, 2.24) is 0 Å². The molecule has 0 aromatic heterocycles. The molecule has 0 spiro atoms. The molecule has 0 nitrogen and oxygen atoms in total. The van der Waals surface area contributed by atoms with Crippen LogP contribution in [0.15, 0.2) is 11.6 Å². The molecule has 153 valence electrons. The Labute approximate surface area is 170 Å². The third-order valence-corrected chi connectivity index (χ3v) is 10.3. The van der Waals surface area contributed by atoms with Crippen molar-refractivity contribution in [3.05, 3.63) is 18.1 Å². The largest absolute Gasteiger partial charge is 0.0859 e. The minimum atomic E-state index is 0.648. The lowest BCUT2D eigenvalue weighted by Crippen LogP contribution is -2.53. The van der Waals surface area contributed by atoms with E-state index >= 15 is 0 Å². The van der Waals surface area contributed by atoms with Crippen LogP contribution in [0.4, 0.5) is 0 Å². The molecule has 0 heteroatoms. The van der Waals surface area contributed by atoms with Crippen molar-refractivity contribution < 1.29 is 0 Å². The van der Waals surface area contributed by atoms with Gasteiger partial charge in [0.2, 0.25) is 0 Å². The lowest BCUT2D eigenvalue weighted by Gasteiger charge is -2.60. The van der Waals surface area contributed by atoms with E-state index in [1.165, 1.54) is 56.9 Å². The first-order chi connectivity index (χ1) is 12.9. The van der Waals surface area contributed by atoms with E-state index < -0.39 is 0 Å². The van der Waals surface area contributed by atoms with Crippen LogP contribution < -0.4 is 0 Å². The minimum Gasteiger partial charge on any atom is -0.0859 e. The Morgan fingerprint density at radius 3 is 2.56 bits per heavy atom. The molecule has 4 rings (SSSR count). The summed E-state index contributed by atoms with van der Waals surface area (Å²) < 4.78 is 0. The van der Waals surface area contributed by atoms with Crippen molar-refractivity contribution in [2.45, 2.75) is 105 Å². The van der Waals surface area contributed by atoms with E-state index in [4.69, 9.17) is 0 Å². The molecule has 0 saturated heterocycles. The molecule has 0 aromatic carbocycles. The topological polar surface area (TPSA) is 0 Å². The van der Waals surface area contributed by atoms with Crippen LogP contribution in [0, 0.1) is 52.8 Å². The van der Waals surface area contributed by atoms with Crippen molar-refractivity contribution in [1.29, 1.82) is 0 Å². The van der Waals surface area contributed by atoms with Crippen LogP contribution in [0.2, 0.25) is 0 Å². The van der Waals surface area contributed by atoms with Crippen molar-refractivity contribution >= 4 is 0 Å². The van der Waals surface area contributed by atoms with Crippen LogP contribution in [-0.4, -0.2) is 0 Å². The number of rotatable bonds is 4. The Morgan fingerprint density at radius 2 is 1.78 bits per heavy atom. The molecule has 4 saturated carbocycles. The fourth-order valence-electron chi connectivity index (χ4n) is 8.86. The summed E-state index contributed by atoms with van der Waals surface area (Å²) in [6.07, 6.45) is 21.3. The zero-order chi connectivity index (χ0) is 19.2. The Kier molecular flexibility index (Phi) is 5.59. The Bertz CT molecular complexity index is 554. The Balaban J connectivity index is 1.49. The van der Waals surface area contributed by atoms with E-state index in [1.54, 1.807) is 19.3 Å². The highest BCUT2D eigenvalue weighted by atomic mass is 14.6. The molecule has 4 aliphatic rings. The first kappa shape index (κ1) is 20.0. The van der Waals surface area contributed by atoms with Crippen LogP contribution in [0.5, 0.6) is 0 Å². The molecule has 8 atom stereocenters. The lowest BCUT2D eigenvalue weighted by molar-refractivity contribution is -0.109. The van der Waals surface area contributed by atoms with Gasteiger partial charge in [-0.2, -0.15) is 0 Å². The van der Waals surface area contributed by atoms with Crippen LogP contribution in [0.3, 0.4) is 0 Å². The zero-order valence-corrected chi connectivity index (χ0v) is 18.9. The summed E-state index contributed by atoms with van der Waals surface area (Å²) in [5, 5.41) is 0. The monoisotopic (exact) mass is 369 g/mol. The molecule has 0 aromatic rings. The molecular formula is C27H45. The number of fused-ring (bicyclic) bond motifs is 5. The van der Waals surface area contributed by atoms with Gasteiger partial charge in [-0.15, -0.1) is 0 Å². The molecule has 1 unspecified atom stereocenters. The van der Waals surface area contributed by atoms with E-state index in [9.17, 15) is 0 Å². The van der Waals surface area contributed by atoms with Gasteiger partial charge in [-0.1, -0.05) is 32.4 Å². The summed E-state index contributed by atoms with van der Waals surface area (Å²) in [4.78, 5) is 0. The van der Waals surface area contributed by atoms with Gasteiger partial charge in [0.1, 0.15) is 0 Å². The summed E-state index contributed by atoms with van der Waals surface area (Å²) in [5.41, 5.74) is 2.81. The van der Waals surface area contributed by atoms with E-state index in [-0.39, 0.29) is 0 Å². The Morgan fingerprint density at radius 1 is 1.00 bits per heavy atom. The number of allylic oxidation sites excluding steroid dienone is 2. The van der Waals surface area contributed by atoms with Crippen LogP contribution in [0.1, 0.15) is 105 Å². The molecule has 0 heterocycles. The van der Waals surface area contributed by atoms with Crippen LogP contribution in [-0.2, 0) is 0 Å². The van der Waals surface area contributed by atoms with Gasteiger partial charge in [0.05, 0.1) is 0 Å². The fourth-order valence-corrected chi connectivity index (χ4v) is 8.86. The fraction of sp³-hybridized carbons (Fsp3) is 0.889. The second kappa shape index (κ2) is 7.53. The molecule has 27 heavy (non-hydrogen) atoms. The van der Waals surface area contributed by atoms with Gasteiger partial charge in [0, 0.05) is 0 Å². The van der Waals surface area contributed by atoms with Gasteiger partial charge >= 0.3 is 0 Å². The van der Waals surface area contributed by atoms with Gasteiger partial charge in [-0.25, -0.2) is 0 Å². The summed E-state index contributed by atoms with van der Waals surface area (Å²) in [5.74, 6) is 6.04. The average molecular weight is 370 g/mol. The lowest BCUT2D eigenvalue weighted by atomic mass is 9.44. The first-order valence-electron chi connectivity index (χ1n) is 12.3. The molecule has 1 radical (unpaired) electrons. The smallest absolute Gasteiger partial charge is 0.0264 e. The van der Waals surface area contributed by atoms with Gasteiger partial charge < -0.3 is 0 Å². The highest BCUT2D eigenvalue weighted by Crippen LogP contribution is 2.68. The maximum atomic E-state index is 2.73. The van der Waals surface area contributed by atoms with Crippen LogP contribution in [0.25, 0.3) is 0 Å². The SMILES string of the molecule is CC(C)=CCC[C@@H](C)[C@H]1CC[C@H]2[C@@H]3CCC4C[CH]CC[C@]4(C)[C@H]3CC[C@]12C. The maximum Gasteiger partial charge on any atom is -0.0264 e. The highest BCUT2D eigenvalue weighted by molar-refractivity contribution is 5.10. The minimum absolute atomic E-state index is 0.648. The summed E-state index contributed by atoms with van der Waals surface area (Å²) in [6.45, 7) is 12.5. The van der Waals surface area contributed by atoms with Crippen molar-refractivity contribution in [3.8, 4) is 0 Å². The predicted molar refractivity (Wildman–Crippen MR) is 117 cm³/mol. The molecular weight excluding hydrogens is 324 g/mol. The second-order valence-corrected chi connectivity index (χ2v) is 11.8. The first-order valence-corrected chi connectivity index (χ1v) is 12.3. The molecule has 4 aliphatic carbocycles. The molecule has 0 aliphatic heterocycles. The molecule has 4 fully saturated rings. The third-order valence-electron chi connectivity index (χ3n) is 10.3. The van der Waals surface area contributed by atoms with Crippen molar-refractivity contribution in [2.75, 3.05) is 0 Å². The van der Waals surface area contributed by atoms with Crippen LogP contribution >= 0.6 is 0 Å². The molecule has 0 N–H and O–H groups in total. The van der Waals surface area contributed by atoms with Crippen molar-refractivity contribution in [3.63, 3.8) is 0 Å². The third kappa shape index (κ3) is 3.36. The van der Waals surface area contributed by atoms with Gasteiger partial charge in [0.15, 0.2) is 0 Å². The summed E-state index contributed by atoms with van der Waals surface area (Å²) in [6, 6.07) is 0. The predicted octanol–water partition coefficient (Wildman–Crippen LogP) is 8.23. The zero-order valence-electron chi connectivity index (χ0n) is 18.9. The Hall–Kier alpha value is -0.260. The van der Waals surface area contributed by atoms with E-state index in [0.717, 1.165) is 35.5 Å². The number of hydrogen-bond donors (Lipinski definition) is 0. The molecule has 0 bridgehead atoms. The quantitative estimate of drug-likeness (QED) is 0.438. The van der Waals surface area contributed by atoms with E-state index in [1.807, 2.05) is 0 Å². The highest BCUT2D eigenvalue weighted by Gasteiger charge is 2.59. The van der Waals surface area contributed by atoms with Gasteiger partial charge in [-0.05, 0) is 137 Å². The summed E-state index contributed by atoms with van der Waals surface area (Å²) >= 11 is 0. The molecule has 0 amide bonds. The van der Waals surface area contributed by atoms with Gasteiger partial charge in [-0.3, -0.25) is 0 Å². The van der Waals surface area contributed by atoms with Crippen molar-refractivity contribution in [2.24, 2.45) is 46.3 Å². The average Bonchev–Trinajstić information content (AvgIpc) is 2.98. The normalized spacial score (nSPS) is 47.5. The number of hydrogen-bond acceptors (Lipinski definition) is 0. The van der Waals surface area contributed by atoms with E-state index in [2.05, 4.69) is 47.1 Å². The van der Waals surface area contributed by atoms with E-state index in [0.29, 0.717) is 10.8 Å². The summed E-state index contributed by atoms with van der Waals surface area (Å²) in [7, 11) is 0. The maximum absolute atomic E-state index is 2.73. The van der Waals surface area contributed by atoms with Gasteiger partial charge in [0.25, 0.3) is 0 Å².